The van der Waals surface area contributed by atoms with Crippen LogP contribution >= 0.6 is 11.3 Å². The number of fused-ring (bicyclic) bond motifs is 11. The third-order valence-corrected chi connectivity index (χ3v) is 13.6. The topological polar surface area (TPSA) is 16.4 Å². The number of furan rings is 1. The maximum atomic E-state index is 6.70. The lowest BCUT2D eigenvalue weighted by Crippen LogP contribution is -2.16. The Labute approximate surface area is 340 Å². The number of thiophene rings is 1. The van der Waals surface area contributed by atoms with E-state index in [1.807, 2.05) is 11.3 Å². The fraction of sp³-hybridized carbons (Fsp3) is 0.0545. The van der Waals surface area contributed by atoms with E-state index in [-0.39, 0.29) is 5.41 Å². The number of para-hydroxylation sites is 1. The molecular weight excluding hydrogens is 723 g/mol. The Balaban J connectivity index is 1.09. The summed E-state index contributed by atoms with van der Waals surface area (Å²) in [7, 11) is 0. The molecule has 0 saturated carbocycles. The van der Waals surface area contributed by atoms with Crippen LogP contribution < -0.4 is 4.90 Å². The van der Waals surface area contributed by atoms with Gasteiger partial charge in [0.15, 0.2) is 0 Å². The lowest BCUT2D eigenvalue weighted by atomic mass is 9.79. The highest BCUT2D eigenvalue weighted by Crippen LogP contribution is 2.53. The van der Waals surface area contributed by atoms with E-state index in [4.69, 9.17) is 4.42 Å². The predicted molar refractivity (Wildman–Crippen MR) is 247 cm³/mol. The van der Waals surface area contributed by atoms with E-state index in [1.54, 1.807) is 0 Å². The van der Waals surface area contributed by atoms with Crippen molar-refractivity contribution in [3.05, 3.63) is 199 Å². The number of hydrogen-bond acceptors (Lipinski definition) is 3. The maximum Gasteiger partial charge on any atom is 0.143 e. The summed E-state index contributed by atoms with van der Waals surface area (Å²) in [4.78, 5) is 2.48. The molecule has 1 aliphatic carbocycles. The van der Waals surface area contributed by atoms with Crippen molar-refractivity contribution in [2.75, 3.05) is 4.90 Å². The van der Waals surface area contributed by atoms with E-state index in [1.165, 1.54) is 58.9 Å². The Morgan fingerprint density at radius 2 is 1.10 bits per heavy atom. The molecule has 0 spiro atoms. The number of nitrogens with zero attached hydrogens (tertiary/aromatic N) is 1. The van der Waals surface area contributed by atoms with E-state index >= 15 is 0 Å². The molecule has 0 radical (unpaired) electrons. The molecule has 0 saturated heterocycles. The Kier molecular flexibility index (Phi) is 7.18. The zero-order valence-electron chi connectivity index (χ0n) is 32.2. The smallest absolute Gasteiger partial charge is 0.143 e. The first-order chi connectivity index (χ1) is 28.5. The molecule has 0 atom stereocenters. The molecule has 2 aromatic heterocycles. The molecule has 274 valence electrons. The minimum absolute atomic E-state index is 0.105. The van der Waals surface area contributed by atoms with Crippen LogP contribution in [0.2, 0.25) is 0 Å². The average molecular weight is 760 g/mol. The van der Waals surface area contributed by atoms with Crippen LogP contribution in [-0.4, -0.2) is 0 Å². The number of anilines is 3. The lowest BCUT2D eigenvalue weighted by molar-refractivity contribution is 0.662. The van der Waals surface area contributed by atoms with E-state index < -0.39 is 0 Å². The van der Waals surface area contributed by atoms with Crippen LogP contribution in [0.4, 0.5) is 17.1 Å². The van der Waals surface area contributed by atoms with Crippen molar-refractivity contribution in [1.29, 1.82) is 0 Å². The van der Waals surface area contributed by atoms with Crippen molar-refractivity contribution >= 4 is 81.3 Å². The van der Waals surface area contributed by atoms with Crippen molar-refractivity contribution in [2.24, 2.45) is 0 Å². The summed E-state index contributed by atoms with van der Waals surface area (Å²) in [5.41, 5.74) is 15.3. The van der Waals surface area contributed by atoms with E-state index in [0.717, 1.165) is 55.5 Å². The molecule has 0 fully saturated rings. The van der Waals surface area contributed by atoms with Crippen LogP contribution in [0.25, 0.3) is 86.3 Å². The third kappa shape index (κ3) is 4.77. The van der Waals surface area contributed by atoms with Crippen molar-refractivity contribution in [3.8, 4) is 33.4 Å². The van der Waals surface area contributed by atoms with Gasteiger partial charge in [-0.1, -0.05) is 153 Å². The van der Waals surface area contributed by atoms with Crippen LogP contribution in [-0.2, 0) is 5.41 Å². The largest absolute Gasteiger partial charge is 0.455 e. The predicted octanol–water partition coefficient (Wildman–Crippen LogP) is 16.2. The first kappa shape index (κ1) is 33.2. The molecule has 11 aromatic rings. The van der Waals surface area contributed by atoms with Gasteiger partial charge in [0, 0.05) is 53.0 Å². The van der Waals surface area contributed by atoms with Crippen molar-refractivity contribution in [3.63, 3.8) is 0 Å². The first-order valence-electron chi connectivity index (χ1n) is 20.0. The van der Waals surface area contributed by atoms with Crippen LogP contribution in [0.3, 0.4) is 0 Å². The van der Waals surface area contributed by atoms with Crippen LogP contribution in [0, 0.1) is 0 Å². The normalized spacial score (nSPS) is 13.1. The molecule has 0 amide bonds. The van der Waals surface area contributed by atoms with Gasteiger partial charge in [0.2, 0.25) is 0 Å². The molecule has 58 heavy (non-hydrogen) atoms. The van der Waals surface area contributed by atoms with Gasteiger partial charge in [-0.25, -0.2) is 0 Å². The van der Waals surface area contributed by atoms with Gasteiger partial charge < -0.3 is 9.32 Å². The monoisotopic (exact) mass is 759 g/mol. The Morgan fingerprint density at radius 1 is 0.448 bits per heavy atom. The van der Waals surface area contributed by atoms with E-state index in [0.29, 0.717) is 0 Å². The molecule has 1 aliphatic rings. The second-order valence-corrected chi connectivity index (χ2v) is 17.1. The molecular formula is C55H37NOS. The minimum Gasteiger partial charge on any atom is -0.455 e. The van der Waals surface area contributed by atoms with Gasteiger partial charge in [-0.3, -0.25) is 0 Å². The standard InChI is InChI=1S/C55H37NOS/c1-55(2)45-22-8-5-16-39(45)42-21-11-19-37(53(42)55)35-28-31-36(32-29-35)56(47-24-13-27-50-52(47)43-18-7-10-26-49(43)58-50)46-23-9-6-17-40(46)41-20-12-25-48-51(41)44-33-30-34-14-3-4-15-38(34)54(44)57-48/h3-33H,1-2H3. The van der Waals surface area contributed by atoms with Crippen LogP contribution in [0.15, 0.2) is 192 Å². The van der Waals surface area contributed by atoms with Gasteiger partial charge in [-0.05, 0) is 92.9 Å². The summed E-state index contributed by atoms with van der Waals surface area (Å²) in [5.74, 6) is 0. The SMILES string of the molecule is CC1(C)c2ccccc2-c2cccc(-c3ccc(N(c4ccccc4-c4cccc5oc6c7ccccc7ccc6c45)c4cccc5sc6ccccc6c45)cc3)c21. The fourth-order valence-corrected chi connectivity index (χ4v) is 11.0. The fourth-order valence-electron chi connectivity index (χ4n) is 9.90. The zero-order valence-corrected chi connectivity index (χ0v) is 33.0. The summed E-state index contributed by atoms with van der Waals surface area (Å²) in [6.07, 6.45) is 0. The first-order valence-corrected chi connectivity index (χ1v) is 20.8. The summed E-state index contributed by atoms with van der Waals surface area (Å²) in [5, 5.41) is 7.10. The van der Waals surface area contributed by atoms with Gasteiger partial charge in [0.25, 0.3) is 0 Å². The highest BCUT2D eigenvalue weighted by molar-refractivity contribution is 7.26. The molecule has 0 unspecified atom stereocenters. The number of hydrogen-bond donors (Lipinski definition) is 0. The van der Waals surface area contributed by atoms with Gasteiger partial charge in [0.1, 0.15) is 11.2 Å². The van der Waals surface area contributed by atoms with Gasteiger partial charge in [-0.15, -0.1) is 11.3 Å². The zero-order chi connectivity index (χ0) is 38.5. The highest BCUT2D eigenvalue weighted by atomic mass is 32.1. The molecule has 0 aliphatic heterocycles. The molecule has 12 rings (SSSR count). The minimum atomic E-state index is -0.105. The second-order valence-electron chi connectivity index (χ2n) is 16.0. The quantitative estimate of drug-likeness (QED) is 0.174. The average Bonchev–Trinajstić information content (AvgIpc) is 3.93. The molecule has 2 nitrogen and oxygen atoms in total. The highest BCUT2D eigenvalue weighted by Gasteiger charge is 2.37. The summed E-state index contributed by atoms with van der Waals surface area (Å²) >= 11 is 1.86. The van der Waals surface area contributed by atoms with Gasteiger partial charge in [-0.2, -0.15) is 0 Å². The summed E-state index contributed by atoms with van der Waals surface area (Å²) in [6, 6.07) is 68.8. The van der Waals surface area contributed by atoms with Crippen molar-refractivity contribution in [1.82, 2.24) is 0 Å². The summed E-state index contributed by atoms with van der Waals surface area (Å²) < 4.78 is 9.26. The van der Waals surface area contributed by atoms with Crippen LogP contribution in [0.1, 0.15) is 25.0 Å². The molecule has 0 bridgehead atoms. The second kappa shape index (κ2) is 12.5. The number of benzene rings is 9. The molecule has 9 aromatic carbocycles. The van der Waals surface area contributed by atoms with E-state index in [2.05, 4.69) is 207 Å². The van der Waals surface area contributed by atoms with Gasteiger partial charge >= 0.3 is 0 Å². The Bertz CT molecular complexity index is 3440. The maximum absolute atomic E-state index is 6.70. The summed E-state index contributed by atoms with van der Waals surface area (Å²) in [6.45, 7) is 4.73. The molecule has 3 heteroatoms. The molecule has 2 heterocycles. The molecule has 0 N–H and O–H groups in total. The van der Waals surface area contributed by atoms with Crippen molar-refractivity contribution < 1.29 is 4.42 Å². The number of rotatable bonds is 5. The third-order valence-electron chi connectivity index (χ3n) is 12.5. The van der Waals surface area contributed by atoms with Crippen LogP contribution in [0.5, 0.6) is 0 Å². The van der Waals surface area contributed by atoms with Crippen molar-refractivity contribution in [2.45, 2.75) is 19.3 Å². The lowest BCUT2D eigenvalue weighted by Gasteiger charge is -2.29. The van der Waals surface area contributed by atoms with Gasteiger partial charge in [0.05, 0.1) is 11.4 Å². The Morgan fingerprint density at radius 3 is 2.00 bits per heavy atom. The Hall–Kier alpha value is -6.94. The van der Waals surface area contributed by atoms with E-state index in [9.17, 15) is 0 Å².